The lowest BCUT2D eigenvalue weighted by atomic mass is 9.80. The highest BCUT2D eigenvalue weighted by atomic mass is 15.0. The van der Waals surface area contributed by atoms with Gasteiger partial charge < -0.3 is 9.13 Å². The molecule has 2 aromatic heterocycles. The lowest BCUT2D eigenvalue weighted by Gasteiger charge is -2.28. The first-order valence-electron chi connectivity index (χ1n) is 15.0. The van der Waals surface area contributed by atoms with Crippen LogP contribution >= 0.6 is 0 Å². The molecule has 0 amide bonds. The number of aromatic nitrogens is 2. The van der Waals surface area contributed by atoms with Crippen molar-refractivity contribution in [2.75, 3.05) is 0 Å². The van der Waals surface area contributed by atoms with Crippen molar-refractivity contribution in [1.29, 1.82) is 0 Å². The summed E-state index contributed by atoms with van der Waals surface area (Å²) in [6.07, 6.45) is 9.64. The monoisotopic (exact) mass is 528 g/mol. The summed E-state index contributed by atoms with van der Waals surface area (Å²) < 4.78 is 5.05. The predicted octanol–water partition coefficient (Wildman–Crippen LogP) is 10.2. The molecule has 2 heterocycles. The molecule has 198 valence electrons. The molecule has 0 bridgehead atoms. The van der Waals surface area contributed by atoms with Crippen molar-refractivity contribution >= 4 is 55.0 Å². The Hall–Kier alpha value is -4.56. The van der Waals surface area contributed by atoms with Crippen LogP contribution in [-0.4, -0.2) is 9.13 Å². The Morgan fingerprint density at radius 2 is 1.07 bits per heavy atom. The van der Waals surface area contributed by atoms with E-state index in [1.165, 1.54) is 72.6 Å². The number of allylic oxidation sites excluding steroid dienone is 8. The summed E-state index contributed by atoms with van der Waals surface area (Å²) in [7, 11) is 0. The molecule has 0 N–H and O–H groups in total. The lowest BCUT2D eigenvalue weighted by molar-refractivity contribution is 0.670. The second kappa shape index (κ2) is 8.47. The second-order valence-corrected chi connectivity index (χ2v) is 12.2. The van der Waals surface area contributed by atoms with Crippen LogP contribution in [-0.2, 0) is 0 Å². The summed E-state index contributed by atoms with van der Waals surface area (Å²) in [6.45, 7) is 4.77. The SMILES string of the molecule is CC1=C(C2=CC=C(n3c4ccccc4c4ccccc43)C[C@H]2C)[C@@H]2CC2C(n2c3ccccc3c3ccccc32)=C1. The molecule has 3 aliphatic carbocycles. The third kappa shape index (κ3) is 3.25. The molecule has 1 fully saturated rings. The normalized spacial score (nSPS) is 22.3. The van der Waals surface area contributed by atoms with Crippen LogP contribution in [0.5, 0.6) is 0 Å². The highest BCUT2D eigenvalue weighted by Crippen LogP contribution is 2.58. The minimum atomic E-state index is 0.476. The zero-order valence-corrected chi connectivity index (χ0v) is 23.5. The smallest absolute Gasteiger partial charge is 0.0537 e. The van der Waals surface area contributed by atoms with E-state index in [-0.39, 0.29) is 0 Å². The van der Waals surface area contributed by atoms with Gasteiger partial charge in [0.25, 0.3) is 0 Å². The van der Waals surface area contributed by atoms with Gasteiger partial charge in [0.2, 0.25) is 0 Å². The number of fused-ring (bicyclic) bond motifs is 7. The molecule has 2 nitrogen and oxygen atoms in total. The minimum absolute atomic E-state index is 0.476. The number of rotatable bonds is 3. The molecule has 1 saturated carbocycles. The molecule has 0 saturated heterocycles. The van der Waals surface area contributed by atoms with Crippen LogP contribution in [0.1, 0.15) is 26.7 Å². The molecule has 0 spiro atoms. The van der Waals surface area contributed by atoms with Crippen LogP contribution in [0, 0.1) is 17.8 Å². The average molecular weight is 529 g/mol. The quantitative estimate of drug-likeness (QED) is 0.216. The van der Waals surface area contributed by atoms with Gasteiger partial charge in [-0.15, -0.1) is 0 Å². The Kier molecular flexibility index (Phi) is 4.79. The van der Waals surface area contributed by atoms with E-state index in [1.54, 1.807) is 5.57 Å². The second-order valence-electron chi connectivity index (χ2n) is 12.2. The largest absolute Gasteiger partial charge is 0.313 e. The van der Waals surface area contributed by atoms with Crippen LogP contribution in [0.4, 0.5) is 0 Å². The summed E-state index contributed by atoms with van der Waals surface area (Å²) in [4.78, 5) is 0. The molecule has 0 radical (unpaired) electrons. The van der Waals surface area contributed by atoms with Gasteiger partial charge in [-0.3, -0.25) is 0 Å². The van der Waals surface area contributed by atoms with E-state index in [2.05, 4.69) is 138 Å². The highest BCUT2D eigenvalue weighted by molar-refractivity contribution is 6.11. The third-order valence-electron chi connectivity index (χ3n) is 9.85. The number of para-hydroxylation sites is 4. The Balaban J connectivity index is 1.17. The Bertz CT molecular complexity index is 2080. The number of benzene rings is 4. The average Bonchev–Trinajstić information content (AvgIpc) is 3.63. The fraction of sp³-hybridized carbons (Fsp3) is 0.179. The summed E-state index contributed by atoms with van der Waals surface area (Å²) in [5.74, 6) is 1.68. The standard InChI is InChI=1S/C39H32N2/c1-24-21-26(40-34-15-7-3-11-28(34)29-12-4-8-16-35(29)40)19-20-27(24)39-25(2)22-38(32-23-33(32)39)41-36-17-9-5-13-30(36)31-14-6-10-18-37(31)41/h3-20,22,24,32-33H,21,23H2,1-2H3/t24-,32?,33-/m1/s1. The third-order valence-corrected chi connectivity index (χ3v) is 9.85. The molecule has 41 heavy (non-hydrogen) atoms. The molecule has 4 aromatic carbocycles. The summed E-state index contributed by atoms with van der Waals surface area (Å²) >= 11 is 0. The van der Waals surface area contributed by atoms with Crippen LogP contribution < -0.4 is 0 Å². The molecular formula is C39H32N2. The summed E-state index contributed by atoms with van der Waals surface area (Å²) in [5, 5.41) is 5.36. The first-order chi connectivity index (χ1) is 20.2. The van der Waals surface area contributed by atoms with Crippen molar-refractivity contribution in [3.8, 4) is 0 Å². The van der Waals surface area contributed by atoms with E-state index in [0.29, 0.717) is 17.8 Å². The summed E-state index contributed by atoms with van der Waals surface area (Å²) in [6, 6.07) is 35.5. The van der Waals surface area contributed by atoms with Gasteiger partial charge in [0.1, 0.15) is 0 Å². The fourth-order valence-electron chi connectivity index (χ4n) is 8.01. The highest BCUT2D eigenvalue weighted by Gasteiger charge is 2.48. The van der Waals surface area contributed by atoms with E-state index < -0.39 is 0 Å². The van der Waals surface area contributed by atoms with Gasteiger partial charge in [-0.2, -0.15) is 0 Å². The Morgan fingerprint density at radius 1 is 0.585 bits per heavy atom. The van der Waals surface area contributed by atoms with Crippen LogP contribution in [0.2, 0.25) is 0 Å². The van der Waals surface area contributed by atoms with Crippen molar-refractivity contribution in [2.24, 2.45) is 17.8 Å². The van der Waals surface area contributed by atoms with E-state index >= 15 is 0 Å². The Labute approximate surface area is 240 Å². The molecule has 9 rings (SSSR count). The maximum absolute atomic E-state index is 2.55. The predicted molar refractivity (Wildman–Crippen MR) is 174 cm³/mol. The van der Waals surface area contributed by atoms with Crippen LogP contribution in [0.25, 0.3) is 55.0 Å². The van der Waals surface area contributed by atoms with E-state index in [1.807, 2.05) is 0 Å². The van der Waals surface area contributed by atoms with Crippen molar-refractivity contribution in [2.45, 2.75) is 26.7 Å². The van der Waals surface area contributed by atoms with Gasteiger partial charge >= 0.3 is 0 Å². The first-order valence-corrected chi connectivity index (χ1v) is 15.0. The molecule has 2 heteroatoms. The zero-order chi connectivity index (χ0) is 27.2. The van der Waals surface area contributed by atoms with E-state index in [4.69, 9.17) is 0 Å². The van der Waals surface area contributed by atoms with E-state index in [9.17, 15) is 0 Å². The molecule has 3 aliphatic rings. The Morgan fingerprint density at radius 3 is 1.59 bits per heavy atom. The van der Waals surface area contributed by atoms with Gasteiger partial charge in [-0.1, -0.05) is 85.8 Å². The van der Waals surface area contributed by atoms with Crippen LogP contribution in [0.3, 0.4) is 0 Å². The molecule has 3 atom stereocenters. The van der Waals surface area contributed by atoms with Crippen LogP contribution in [0.15, 0.2) is 132 Å². The maximum Gasteiger partial charge on any atom is 0.0537 e. The molecule has 0 aliphatic heterocycles. The number of hydrogen-bond donors (Lipinski definition) is 0. The van der Waals surface area contributed by atoms with Gasteiger partial charge in [0.15, 0.2) is 0 Å². The minimum Gasteiger partial charge on any atom is -0.313 e. The molecular weight excluding hydrogens is 496 g/mol. The van der Waals surface area contributed by atoms with E-state index in [0.717, 1.165) is 6.42 Å². The molecule has 6 aromatic rings. The summed E-state index contributed by atoms with van der Waals surface area (Å²) in [5.41, 5.74) is 12.7. The van der Waals surface area contributed by atoms with Gasteiger partial charge in [-0.05, 0) is 84.7 Å². The van der Waals surface area contributed by atoms with Gasteiger partial charge in [0.05, 0.1) is 22.1 Å². The van der Waals surface area contributed by atoms with Gasteiger partial charge in [-0.25, -0.2) is 0 Å². The molecule has 1 unspecified atom stereocenters. The van der Waals surface area contributed by atoms with Crippen molar-refractivity contribution in [1.82, 2.24) is 9.13 Å². The zero-order valence-electron chi connectivity index (χ0n) is 23.5. The first kappa shape index (κ1) is 23.2. The van der Waals surface area contributed by atoms with Crippen molar-refractivity contribution in [3.05, 3.63) is 132 Å². The van der Waals surface area contributed by atoms with Crippen molar-refractivity contribution < 1.29 is 0 Å². The lowest BCUT2D eigenvalue weighted by Crippen LogP contribution is -2.15. The number of nitrogens with zero attached hydrogens (tertiary/aromatic N) is 2. The van der Waals surface area contributed by atoms with Crippen molar-refractivity contribution in [3.63, 3.8) is 0 Å². The van der Waals surface area contributed by atoms with Gasteiger partial charge in [0, 0.05) is 38.9 Å². The number of hydrogen-bond acceptors (Lipinski definition) is 0. The topological polar surface area (TPSA) is 9.86 Å². The fourth-order valence-corrected chi connectivity index (χ4v) is 8.01. The maximum atomic E-state index is 2.55.